The molecule has 0 radical (unpaired) electrons. The van der Waals surface area contributed by atoms with Gasteiger partial charge in [-0.05, 0) is 130 Å². The Kier molecular flexibility index (Phi) is 8.35. The topological polar surface area (TPSA) is 38.7 Å². The highest BCUT2D eigenvalue weighted by atomic mass is 15.0. The van der Waals surface area contributed by atoms with E-state index in [9.17, 15) is 0 Å². The summed E-state index contributed by atoms with van der Waals surface area (Å²) in [5, 5.41) is 4.85. The van der Waals surface area contributed by atoms with Crippen LogP contribution in [0.25, 0.3) is 111 Å². The summed E-state index contributed by atoms with van der Waals surface area (Å²) in [6, 6.07) is 76.7. The third-order valence-corrected chi connectivity index (χ3v) is 13.3. The molecule has 0 unspecified atom stereocenters. The van der Waals surface area contributed by atoms with E-state index in [1.807, 2.05) is 0 Å². The molecule has 0 fully saturated rings. The van der Waals surface area contributed by atoms with Gasteiger partial charge in [0.05, 0.1) is 0 Å². The van der Waals surface area contributed by atoms with Gasteiger partial charge < -0.3 is 0 Å². The molecule has 10 aromatic carbocycles. The van der Waals surface area contributed by atoms with Crippen molar-refractivity contribution in [2.75, 3.05) is 0 Å². The molecule has 0 saturated carbocycles. The minimum atomic E-state index is 0.642. The lowest BCUT2D eigenvalue weighted by atomic mass is 9.91. The van der Waals surface area contributed by atoms with Gasteiger partial charge >= 0.3 is 0 Å². The minimum absolute atomic E-state index is 0.642. The van der Waals surface area contributed by atoms with Crippen molar-refractivity contribution in [1.82, 2.24) is 15.0 Å². The molecule has 64 heavy (non-hydrogen) atoms. The lowest BCUT2D eigenvalue weighted by Gasteiger charge is -2.14. The van der Waals surface area contributed by atoms with Gasteiger partial charge in [-0.3, -0.25) is 0 Å². The van der Waals surface area contributed by atoms with Gasteiger partial charge in [-0.15, -0.1) is 0 Å². The Bertz CT molecular complexity index is 3660. The maximum Gasteiger partial charge on any atom is 0.164 e. The van der Waals surface area contributed by atoms with Crippen LogP contribution in [-0.4, -0.2) is 15.0 Å². The Morgan fingerprint density at radius 3 is 1.52 bits per heavy atom. The summed E-state index contributed by atoms with van der Waals surface area (Å²) in [4.78, 5) is 15.8. The minimum Gasteiger partial charge on any atom is -0.208 e. The first-order valence-corrected chi connectivity index (χ1v) is 22.1. The van der Waals surface area contributed by atoms with E-state index in [1.54, 1.807) is 0 Å². The summed E-state index contributed by atoms with van der Waals surface area (Å²) in [6.07, 6.45) is 1.81. The fourth-order valence-electron chi connectivity index (χ4n) is 10.3. The van der Waals surface area contributed by atoms with Crippen molar-refractivity contribution in [2.45, 2.75) is 12.8 Å². The van der Waals surface area contributed by atoms with Crippen LogP contribution in [0.5, 0.6) is 0 Å². The summed E-state index contributed by atoms with van der Waals surface area (Å²) in [6.45, 7) is 0. The molecule has 13 rings (SSSR count). The first-order valence-electron chi connectivity index (χ1n) is 22.1. The molecule has 298 valence electrons. The number of hydrogen-bond acceptors (Lipinski definition) is 3. The van der Waals surface area contributed by atoms with Gasteiger partial charge in [0.15, 0.2) is 17.5 Å². The number of fused-ring (bicyclic) bond motifs is 8. The van der Waals surface area contributed by atoms with Crippen LogP contribution in [0.4, 0.5) is 0 Å². The molecule has 0 bridgehead atoms. The second-order valence-corrected chi connectivity index (χ2v) is 17.1. The van der Waals surface area contributed by atoms with Gasteiger partial charge in [-0.1, -0.05) is 194 Å². The fraction of sp³-hybridized carbons (Fsp3) is 0.0328. The van der Waals surface area contributed by atoms with Gasteiger partial charge in [0.2, 0.25) is 0 Å². The largest absolute Gasteiger partial charge is 0.208 e. The second kappa shape index (κ2) is 14.7. The number of aromatic nitrogens is 3. The van der Waals surface area contributed by atoms with Gasteiger partial charge in [0.25, 0.3) is 0 Å². The lowest BCUT2D eigenvalue weighted by Crippen LogP contribution is -2.01. The second-order valence-electron chi connectivity index (χ2n) is 17.1. The van der Waals surface area contributed by atoms with E-state index in [0.29, 0.717) is 17.5 Å². The molecule has 3 heteroatoms. The third kappa shape index (κ3) is 6.08. The van der Waals surface area contributed by atoms with Gasteiger partial charge in [0, 0.05) is 16.7 Å². The van der Waals surface area contributed by atoms with Crippen LogP contribution in [0.3, 0.4) is 0 Å². The number of benzene rings is 10. The van der Waals surface area contributed by atoms with Crippen molar-refractivity contribution in [3.05, 3.63) is 235 Å². The van der Waals surface area contributed by atoms with Crippen LogP contribution in [-0.2, 0) is 12.8 Å². The number of rotatable bonds is 6. The first-order chi connectivity index (χ1) is 31.7. The molecule has 0 N–H and O–H groups in total. The summed E-state index contributed by atoms with van der Waals surface area (Å²) in [5.41, 5.74) is 20.8. The van der Waals surface area contributed by atoms with Crippen LogP contribution in [0.2, 0.25) is 0 Å². The molecule has 2 aliphatic carbocycles. The summed E-state index contributed by atoms with van der Waals surface area (Å²) in [7, 11) is 0. The third-order valence-electron chi connectivity index (χ3n) is 13.3. The molecule has 0 saturated heterocycles. The Hall–Kier alpha value is -8.27. The van der Waals surface area contributed by atoms with Gasteiger partial charge in [-0.2, -0.15) is 0 Å². The Morgan fingerprint density at radius 2 is 0.766 bits per heavy atom. The quantitative estimate of drug-likeness (QED) is 0.168. The molecule has 1 aromatic heterocycles. The SMILES string of the molecule is c1ccc(-c2ccc(-c3nc(-c4ccc5c(c4)Cc4cc(-c6cccc7c6-c6cc8ccccc8cc6C7)ccc4-5)nc(-c4cccc5ccccc45)n3)cc2-c2ccccc2)cc1. The molecule has 0 aliphatic heterocycles. The fourth-order valence-corrected chi connectivity index (χ4v) is 10.3. The van der Waals surface area contributed by atoms with E-state index in [2.05, 4.69) is 212 Å². The Balaban J connectivity index is 0.910. The monoisotopic (exact) mass is 813 g/mol. The van der Waals surface area contributed by atoms with E-state index in [1.165, 1.54) is 72.0 Å². The predicted molar refractivity (Wildman–Crippen MR) is 264 cm³/mol. The molecular formula is C61H39N3. The predicted octanol–water partition coefficient (Wildman–Crippen LogP) is 15.3. The Morgan fingerprint density at radius 1 is 0.250 bits per heavy atom. The lowest BCUT2D eigenvalue weighted by molar-refractivity contribution is 1.07. The average molecular weight is 814 g/mol. The first kappa shape index (κ1) is 36.4. The van der Waals surface area contributed by atoms with Crippen molar-refractivity contribution >= 4 is 21.5 Å². The summed E-state index contributed by atoms with van der Waals surface area (Å²) < 4.78 is 0. The molecule has 11 aromatic rings. The maximum absolute atomic E-state index is 5.29. The smallest absolute Gasteiger partial charge is 0.164 e. The molecule has 3 nitrogen and oxygen atoms in total. The molecule has 0 spiro atoms. The highest BCUT2D eigenvalue weighted by molar-refractivity contribution is 5.98. The normalized spacial score (nSPS) is 12.2. The van der Waals surface area contributed by atoms with Crippen molar-refractivity contribution < 1.29 is 0 Å². The van der Waals surface area contributed by atoms with Crippen LogP contribution >= 0.6 is 0 Å². The maximum atomic E-state index is 5.29. The zero-order valence-corrected chi connectivity index (χ0v) is 35.0. The molecular weight excluding hydrogens is 775 g/mol. The zero-order valence-electron chi connectivity index (χ0n) is 35.0. The zero-order chi connectivity index (χ0) is 42.1. The van der Waals surface area contributed by atoms with Crippen molar-refractivity contribution in [1.29, 1.82) is 0 Å². The highest BCUT2D eigenvalue weighted by Crippen LogP contribution is 2.47. The number of nitrogens with zero attached hydrogens (tertiary/aromatic N) is 3. The molecule has 0 atom stereocenters. The number of hydrogen-bond donors (Lipinski definition) is 0. The van der Waals surface area contributed by atoms with Gasteiger partial charge in [-0.25, -0.2) is 15.0 Å². The van der Waals surface area contributed by atoms with Crippen LogP contribution in [0.1, 0.15) is 22.3 Å². The molecule has 2 aliphatic rings. The van der Waals surface area contributed by atoms with Crippen LogP contribution in [0.15, 0.2) is 212 Å². The summed E-state index contributed by atoms with van der Waals surface area (Å²) >= 11 is 0. The highest BCUT2D eigenvalue weighted by Gasteiger charge is 2.26. The molecule has 0 amide bonds. The van der Waals surface area contributed by atoms with Crippen LogP contribution < -0.4 is 0 Å². The van der Waals surface area contributed by atoms with Crippen molar-refractivity contribution in [3.8, 4) is 89.8 Å². The van der Waals surface area contributed by atoms with E-state index in [-0.39, 0.29) is 0 Å². The standard InChI is InChI=1S/C61H39N3/c1-3-13-38(14-4-1)51-29-27-46(37-56(51)40-15-5-2-6-16-40)60-62-59(63-61(64-60)55-24-11-20-39-17-9-10-22-50(39)55)45-26-30-53-48(34-45)35-47-32-43(25-28-52(47)53)54-23-12-21-44-33-49-31-41-18-7-8-19-42(41)36-57(49)58(44)54/h1-32,34,36-37H,33,35H2. The van der Waals surface area contributed by atoms with E-state index >= 15 is 0 Å². The van der Waals surface area contributed by atoms with Crippen molar-refractivity contribution in [3.63, 3.8) is 0 Å². The van der Waals surface area contributed by atoms with Crippen LogP contribution in [0, 0.1) is 0 Å². The van der Waals surface area contributed by atoms with E-state index < -0.39 is 0 Å². The van der Waals surface area contributed by atoms with E-state index in [0.717, 1.165) is 57.0 Å². The average Bonchev–Trinajstić information content (AvgIpc) is 3.92. The van der Waals surface area contributed by atoms with E-state index in [4.69, 9.17) is 15.0 Å². The molecule has 1 heterocycles. The summed E-state index contributed by atoms with van der Waals surface area (Å²) in [5.74, 6) is 1.96. The van der Waals surface area contributed by atoms with Crippen molar-refractivity contribution in [2.24, 2.45) is 0 Å². The Labute approximate surface area is 372 Å². The van der Waals surface area contributed by atoms with Gasteiger partial charge in [0.1, 0.15) is 0 Å².